The maximum atomic E-state index is 6.28. The third-order valence-electron chi connectivity index (χ3n) is 2.84. The Kier molecular flexibility index (Phi) is 4.73. The van der Waals surface area contributed by atoms with Gasteiger partial charge in [0.1, 0.15) is 0 Å². The SMILES string of the molecule is CCNCc1ccc(Cc2ccncc2)cc1Cl. The van der Waals surface area contributed by atoms with Crippen LogP contribution in [0.15, 0.2) is 42.7 Å². The Morgan fingerprint density at radius 1 is 1.11 bits per heavy atom. The van der Waals surface area contributed by atoms with Crippen LogP contribution in [0, 0.1) is 0 Å². The molecule has 94 valence electrons. The third-order valence-corrected chi connectivity index (χ3v) is 3.19. The van der Waals surface area contributed by atoms with E-state index in [0.717, 1.165) is 30.1 Å². The average molecular weight is 261 g/mol. The van der Waals surface area contributed by atoms with E-state index in [1.807, 2.05) is 24.5 Å². The Labute approximate surface area is 113 Å². The standard InChI is InChI=1S/C15H17ClN2/c1-2-17-11-14-4-3-13(10-15(14)16)9-12-5-7-18-8-6-12/h3-8,10,17H,2,9,11H2,1H3. The van der Waals surface area contributed by atoms with E-state index in [1.165, 1.54) is 11.1 Å². The highest BCUT2D eigenvalue weighted by Gasteiger charge is 2.02. The molecule has 0 radical (unpaired) electrons. The van der Waals surface area contributed by atoms with Gasteiger partial charge in [0, 0.05) is 24.0 Å². The highest BCUT2D eigenvalue weighted by atomic mass is 35.5. The molecule has 1 aromatic heterocycles. The molecule has 0 bridgehead atoms. The molecule has 0 saturated heterocycles. The van der Waals surface area contributed by atoms with E-state index in [0.29, 0.717) is 0 Å². The molecule has 0 amide bonds. The van der Waals surface area contributed by atoms with E-state index in [2.05, 4.69) is 35.4 Å². The number of nitrogens with zero attached hydrogens (tertiary/aromatic N) is 1. The largest absolute Gasteiger partial charge is 0.313 e. The van der Waals surface area contributed by atoms with Crippen molar-refractivity contribution >= 4 is 11.6 Å². The molecule has 0 aliphatic heterocycles. The Bertz CT molecular complexity index is 497. The summed E-state index contributed by atoms with van der Waals surface area (Å²) >= 11 is 6.28. The molecule has 0 aliphatic carbocycles. The van der Waals surface area contributed by atoms with Crippen molar-refractivity contribution in [3.05, 3.63) is 64.4 Å². The van der Waals surface area contributed by atoms with E-state index in [9.17, 15) is 0 Å². The highest BCUT2D eigenvalue weighted by molar-refractivity contribution is 6.31. The Balaban J connectivity index is 2.09. The lowest BCUT2D eigenvalue weighted by Gasteiger charge is -2.08. The molecular weight excluding hydrogens is 244 g/mol. The molecule has 0 fully saturated rings. The first-order valence-corrected chi connectivity index (χ1v) is 6.54. The molecule has 1 N–H and O–H groups in total. The first-order chi connectivity index (χ1) is 8.79. The fraction of sp³-hybridized carbons (Fsp3) is 0.267. The second-order valence-electron chi connectivity index (χ2n) is 4.24. The monoisotopic (exact) mass is 260 g/mol. The van der Waals surface area contributed by atoms with Crippen molar-refractivity contribution in [2.45, 2.75) is 19.9 Å². The summed E-state index contributed by atoms with van der Waals surface area (Å²) < 4.78 is 0. The third kappa shape index (κ3) is 3.56. The zero-order valence-corrected chi connectivity index (χ0v) is 11.2. The van der Waals surface area contributed by atoms with Crippen molar-refractivity contribution < 1.29 is 0 Å². The Morgan fingerprint density at radius 2 is 1.89 bits per heavy atom. The van der Waals surface area contributed by atoms with Gasteiger partial charge in [-0.15, -0.1) is 0 Å². The zero-order valence-electron chi connectivity index (χ0n) is 10.5. The number of hydrogen-bond donors (Lipinski definition) is 1. The van der Waals surface area contributed by atoms with E-state index < -0.39 is 0 Å². The second-order valence-corrected chi connectivity index (χ2v) is 4.65. The molecule has 0 unspecified atom stereocenters. The number of halogens is 1. The summed E-state index contributed by atoms with van der Waals surface area (Å²) in [5, 5.41) is 4.12. The number of hydrogen-bond acceptors (Lipinski definition) is 2. The number of nitrogens with one attached hydrogen (secondary N) is 1. The minimum atomic E-state index is 0.824. The molecule has 0 saturated carbocycles. The summed E-state index contributed by atoms with van der Waals surface area (Å²) in [5.41, 5.74) is 3.63. The smallest absolute Gasteiger partial charge is 0.0453 e. The van der Waals surface area contributed by atoms with Gasteiger partial charge in [0.15, 0.2) is 0 Å². The van der Waals surface area contributed by atoms with Crippen LogP contribution in [0.1, 0.15) is 23.6 Å². The van der Waals surface area contributed by atoms with Crippen LogP contribution >= 0.6 is 11.6 Å². The number of aromatic nitrogens is 1. The fourth-order valence-corrected chi connectivity index (χ4v) is 2.11. The van der Waals surface area contributed by atoms with Crippen LogP contribution in [0.5, 0.6) is 0 Å². The van der Waals surface area contributed by atoms with Crippen molar-refractivity contribution in [2.24, 2.45) is 0 Å². The maximum absolute atomic E-state index is 6.28. The van der Waals surface area contributed by atoms with Crippen LogP contribution in [-0.4, -0.2) is 11.5 Å². The van der Waals surface area contributed by atoms with Crippen molar-refractivity contribution in [1.29, 1.82) is 0 Å². The lowest BCUT2D eigenvalue weighted by atomic mass is 10.0. The lowest BCUT2D eigenvalue weighted by molar-refractivity contribution is 0.727. The molecule has 18 heavy (non-hydrogen) atoms. The molecule has 2 rings (SSSR count). The Morgan fingerprint density at radius 3 is 2.56 bits per heavy atom. The summed E-state index contributed by atoms with van der Waals surface area (Å²) in [6.07, 6.45) is 4.52. The molecule has 0 aliphatic rings. The van der Waals surface area contributed by atoms with E-state index in [1.54, 1.807) is 0 Å². The summed E-state index contributed by atoms with van der Waals surface area (Å²) in [7, 11) is 0. The first kappa shape index (κ1) is 13.1. The molecular formula is C15H17ClN2. The van der Waals surface area contributed by atoms with Crippen molar-refractivity contribution in [1.82, 2.24) is 10.3 Å². The summed E-state index contributed by atoms with van der Waals surface area (Å²) in [6, 6.07) is 10.3. The van der Waals surface area contributed by atoms with Crippen molar-refractivity contribution in [3.8, 4) is 0 Å². The van der Waals surface area contributed by atoms with Crippen LogP contribution in [0.3, 0.4) is 0 Å². The predicted molar refractivity (Wildman–Crippen MR) is 75.9 cm³/mol. The van der Waals surface area contributed by atoms with Gasteiger partial charge >= 0.3 is 0 Å². The van der Waals surface area contributed by atoms with E-state index in [-0.39, 0.29) is 0 Å². The van der Waals surface area contributed by atoms with E-state index in [4.69, 9.17) is 11.6 Å². The number of pyridine rings is 1. The van der Waals surface area contributed by atoms with Crippen LogP contribution in [-0.2, 0) is 13.0 Å². The predicted octanol–water partition coefficient (Wildman–Crippen LogP) is 3.44. The molecule has 3 heteroatoms. The van der Waals surface area contributed by atoms with Gasteiger partial charge in [0.25, 0.3) is 0 Å². The van der Waals surface area contributed by atoms with Gasteiger partial charge < -0.3 is 5.32 Å². The lowest BCUT2D eigenvalue weighted by Crippen LogP contribution is -2.12. The van der Waals surface area contributed by atoms with Gasteiger partial charge in [-0.1, -0.05) is 30.7 Å². The van der Waals surface area contributed by atoms with Crippen LogP contribution < -0.4 is 5.32 Å². The maximum Gasteiger partial charge on any atom is 0.0453 e. The van der Waals surface area contributed by atoms with Crippen molar-refractivity contribution in [2.75, 3.05) is 6.54 Å². The second kappa shape index (κ2) is 6.53. The summed E-state index contributed by atoms with van der Waals surface area (Å²) in [5.74, 6) is 0. The van der Waals surface area contributed by atoms with Gasteiger partial charge in [-0.2, -0.15) is 0 Å². The van der Waals surface area contributed by atoms with Gasteiger partial charge in [-0.05, 0) is 47.9 Å². The fourth-order valence-electron chi connectivity index (χ4n) is 1.84. The molecule has 2 aromatic rings. The number of rotatable bonds is 5. The van der Waals surface area contributed by atoms with Gasteiger partial charge in [0.2, 0.25) is 0 Å². The van der Waals surface area contributed by atoms with Crippen LogP contribution in [0.2, 0.25) is 5.02 Å². The molecule has 0 atom stereocenters. The van der Waals surface area contributed by atoms with Gasteiger partial charge in [-0.3, -0.25) is 4.98 Å². The average Bonchev–Trinajstić information content (AvgIpc) is 2.39. The molecule has 2 nitrogen and oxygen atoms in total. The molecule has 1 aromatic carbocycles. The summed E-state index contributed by atoms with van der Waals surface area (Å²) in [6.45, 7) is 3.87. The summed E-state index contributed by atoms with van der Waals surface area (Å²) in [4.78, 5) is 4.02. The van der Waals surface area contributed by atoms with Crippen LogP contribution in [0.25, 0.3) is 0 Å². The van der Waals surface area contributed by atoms with E-state index >= 15 is 0 Å². The molecule has 1 heterocycles. The normalized spacial score (nSPS) is 10.6. The minimum Gasteiger partial charge on any atom is -0.313 e. The zero-order chi connectivity index (χ0) is 12.8. The highest BCUT2D eigenvalue weighted by Crippen LogP contribution is 2.19. The number of benzene rings is 1. The van der Waals surface area contributed by atoms with Gasteiger partial charge in [0.05, 0.1) is 0 Å². The van der Waals surface area contributed by atoms with Crippen molar-refractivity contribution in [3.63, 3.8) is 0 Å². The van der Waals surface area contributed by atoms with Crippen LogP contribution in [0.4, 0.5) is 0 Å². The topological polar surface area (TPSA) is 24.9 Å². The molecule has 0 spiro atoms. The Hall–Kier alpha value is -1.38. The minimum absolute atomic E-state index is 0.824. The first-order valence-electron chi connectivity index (χ1n) is 6.16. The quantitative estimate of drug-likeness (QED) is 0.891. The van der Waals surface area contributed by atoms with Gasteiger partial charge in [-0.25, -0.2) is 0 Å².